The molecule has 0 aliphatic carbocycles. The molecule has 0 aromatic heterocycles. The summed E-state index contributed by atoms with van der Waals surface area (Å²) >= 11 is 0. The number of carbonyl (C=O) groups is 3. The van der Waals surface area contributed by atoms with Crippen LogP contribution in [0.5, 0.6) is 0 Å². The van der Waals surface area contributed by atoms with Crippen LogP contribution in [0.15, 0.2) is 48.5 Å². The first-order valence-corrected chi connectivity index (χ1v) is 11.4. The van der Waals surface area contributed by atoms with Gasteiger partial charge in [-0.05, 0) is 62.8 Å². The van der Waals surface area contributed by atoms with E-state index in [1.165, 1.54) is 0 Å². The van der Waals surface area contributed by atoms with Crippen molar-refractivity contribution in [2.75, 3.05) is 19.6 Å². The number of hydrogen-bond donors (Lipinski definition) is 2. The largest absolute Gasteiger partial charge is 0.354 e. The number of likely N-dealkylation sites (tertiary alicyclic amines) is 1. The molecule has 6 nitrogen and oxygen atoms in total. The lowest BCUT2D eigenvalue weighted by Crippen LogP contribution is -2.54. The predicted octanol–water partition coefficient (Wildman–Crippen LogP) is 3.48. The fourth-order valence-corrected chi connectivity index (χ4v) is 4.10. The number of piperidine rings is 1. The minimum Gasteiger partial charge on any atom is -0.354 e. The second kappa shape index (κ2) is 10.9. The highest BCUT2D eigenvalue weighted by Crippen LogP contribution is 2.23. The lowest BCUT2D eigenvalue weighted by molar-refractivity contribution is -0.124. The Morgan fingerprint density at radius 2 is 1.66 bits per heavy atom. The Bertz CT molecular complexity index is 947. The molecule has 1 aliphatic rings. The molecule has 0 bridgehead atoms. The van der Waals surface area contributed by atoms with E-state index in [0.717, 1.165) is 23.1 Å². The van der Waals surface area contributed by atoms with Gasteiger partial charge in [0.25, 0.3) is 11.8 Å². The Labute approximate surface area is 190 Å². The molecule has 6 heteroatoms. The third kappa shape index (κ3) is 5.75. The molecule has 2 N–H and O–H groups in total. The third-order valence-corrected chi connectivity index (χ3v) is 6.11. The Morgan fingerprint density at radius 3 is 2.28 bits per heavy atom. The molecule has 0 radical (unpaired) electrons. The Balaban J connectivity index is 1.68. The SMILES string of the molecule is CCCNC(=O)[C@H](NC(=O)c1ccc(C)cc1)C1CCN(C(=O)c2ccccc2C)CC1. The second-order valence-corrected chi connectivity index (χ2v) is 8.55. The first-order valence-electron chi connectivity index (χ1n) is 11.4. The van der Waals surface area contributed by atoms with Crippen molar-refractivity contribution in [1.29, 1.82) is 0 Å². The fourth-order valence-electron chi connectivity index (χ4n) is 4.10. The Hall–Kier alpha value is -3.15. The van der Waals surface area contributed by atoms with E-state index in [-0.39, 0.29) is 23.6 Å². The van der Waals surface area contributed by atoms with Gasteiger partial charge in [-0.2, -0.15) is 0 Å². The van der Waals surface area contributed by atoms with Crippen LogP contribution >= 0.6 is 0 Å². The van der Waals surface area contributed by atoms with Crippen LogP contribution in [0.1, 0.15) is 58.0 Å². The van der Waals surface area contributed by atoms with E-state index in [4.69, 9.17) is 0 Å². The normalized spacial score (nSPS) is 15.2. The summed E-state index contributed by atoms with van der Waals surface area (Å²) in [6.45, 7) is 7.60. The first-order chi connectivity index (χ1) is 15.4. The quantitative estimate of drug-likeness (QED) is 0.699. The van der Waals surface area contributed by atoms with Crippen molar-refractivity contribution < 1.29 is 14.4 Å². The predicted molar refractivity (Wildman–Crippen MR) is 126 cm³/mol. The average molecular weight is 436 g/mol. The maximum atomic E-state index is 12.9. The van der Waals surface area contributed by atoms with Crippen molar-refractivity contribution in [3.8, 4) is 0 Å². The van der Waals surface area contributed by atoms with Gasteiger partial charge in [0, 0.05) is 30.8 Å². The molecule has 0 spiro atoms. The highest BCUT2D eigenvalue weighted by molar-refractivity contribution is 5.98. The molecule has 0 saturated carbocycles. The molecule has 1 saturated heterocycles. The molecule has 3 rings (SSSR count). The van der Waals surface area contributed by atoms with E-state index in [2.05, 4.69) is 10.6 Å². The minimum absolute atomic E-state index is 0.0252. The van der Waals surface area contributed by atoms with Gasteiger partial charge in [-0.3, -0.25) is 14.4 Å². The highest BCUT2D eigenvalue weighted by atomic mass is 16.2. The number of nitrogens with zero attached hydrogens (tertiary/aromatic N) is 1. The van der Waals surface area contributed by atoms with Gasteiger partial charge in [-0.1, -0.05) is 42.8 Å². The summed E-state index contributed by atoms with van der Waals surface area (Å²) in [7, 11) is 0. The van der Waals surface area contributed by atoms with Crippen LogP contribution in [-0.4, -0.2) is 48.3 Å². The minimum atomic E-state index is -0.619. The zero-order chi connectivity index (χ0) is 23.1. The third-order valence-electron chi connectivity index (χ3n) is 6.11. The van der Waals surface area contributed by atoms with E-state index >= 15 is 0 Å². The van der Waals surface area contributed by atoms with Gasteiger partial charge >= 0.3 is 0 Å². The number of amides is 3. The van der Waals surface area contributed by atoms with Crippen molar-refractivity contribution in [2.24, 2.45) is 5.92 Å². The summed E-state index contributed by atoms with van der Waals surface area (Å²) in [6.07, 6.45) is 2.15. The maximum Gasteiger partial charge on any atom is 0.254 e. The van der Waals surface area contributed by atoms with Crippen LogP contribution in [0, 0.1) is 19.8 Å². The second-order valence-electron chi connectivity index (χ2n) is 8.55. The van der Waals surface area contributed by atoms with E-state index in [1.807, 2.05) is 62.1 Å². The lowest BCUT2D eigenvalue weighted by Gasteiger charge is -2.36. The van der Waals surface area contributed by atoms with Gasteiger partial charge in [-0.15, -0.1) is 0 Å². The van der Waals surface area contributed by atoms with Crippen LogP contribution in [0.4, 0.5) is 0 Å². The molecular formula is C26H33N3O3. The average Bonchev–Trinajstić information content (AvgIpc) is 2.81. The van der Waals surface area contributed by atoms with Gasteiger partial charge in [-0.25, -0.2) is 0 Å². The molecule has 1 fully saturated rings. The summed E-state index contributed by atoms with van der Waals surface area (Å²) in [4.78, 5) is 40.5. The Kier molecular flexibility index (Phi) is 8.03. The van der Waals surface area contributed by atoms with Crippen molar-refractivity contribution in [1.82, 2.24) is 15.5 Å². The highest BCUT2D eigenvalue weighted by Gasteiger charge is 2.34. The number of benzene rings is 2. The van der Waals surface area contributed by atoms with Crippen LogP contribution in [-0.2, 0) is 4.79 Å². The van der Waals surface area contributed by atoms with Gasteiger partial charge in [0.15, 0.2) is 0 Å². The van der Waals surface area contributed by atoms with E-state index in [1.54, 1.807) is 12.1 Å². The molecule has 2 aromatic rings. The zero-order valence-electron chi connectivity index (χ0n) is 19.2. The molecule has 1 aliphatic heterocycles. The van der Waals surface area contributed by atoms with Crippen LogP contribution in [0.25, 0.3) is 0 Å². The van der Waals surface area contributed by atoms with E-state index in [0.29, 0.717) is 38.0 Å². The summed E-state index contributed by atoms with van der Waals surface area (Å²) in [6, 6.07) is 14.3. The number of hydrogen-bond acceptors (Lipinski definition) is 3. The summed E-state index contributed by atoms with van der Waals surface area (Å²) in [5.74, 6) is -0.407. The van der Waals surface area contributed by atoms with Gasteiger partial charge in [0.1, 0.15) is 6.04 Å². The van der Waals surface area contributed by atoms with Crippen LogP contribution in [0.2, 0.25) is 0 Å². The smallest absolute Gasteiger partial charge is 0.254 e. The number of carbonyl (C=O) groups excluding carboxylic acids is 3. The topological polar surface area (TPSA) is 78.5 Å². The first kappa shape index (κ1) is 23.5. The lowest BCUT2D eigenvalue weighted by atomic mass is 9.88. The molecular weight excluding hydrogens is 402 g/mol. The molecule has 32 heavy (non-hydrogen) atoms. The van der Waals surface area contributed by atoms with Crippen LogP contribution < -0.4 is 10.6 Å². The number of rotatable bonds is 7. The summed E-state index contributed by atoms with van der Waals surface area (Å²) in [5.41, 5.74) is 3.29. The Morgan fingerprint density at radius 1 is 1.00 bits per heavy atom. The molecule has 1 atom stereocenters. The van der Waals surface area contributed by atoms with Crippen LogP contribution in [0.3, 0.4) is 0 Å². The van der Waals surface area contributed by atoms with Crippen molar-refractivity contribution in [3.05, 3.63) is 70.8 Å². The molecule has 170 valence electrons. The fraction of sp³-hybridized carbons (Fsp3) is 0.423. The molecule has 3 amide bonds. The molecule has 0 unspecified atom stereocenters. The maximum absolute atomic E-state index is 12.9. The summed E-state index contributed by atoms with van der Waals surface area (Å²) < 4.78 is 0. The van der Waals surface area contributed by atoms with E-state index < -0.39 is 6.04 Å². The van der Waals surface area contributed by atoms with Crippen molar-refractivity contribution in [3.63, 3.8) is 0 Å². The number of nitrogens with one attached hydrogen (secondary N) is 2. The zero-order valence-corrected chi connectivity index (χ0v) is 19.2. The summed E-state index contributed by atoms with van der Waals surface area (Å²) in [5, 5.41) is 5.89. The van der Waals surface area contributed by atoms with E-state index in [9.17, 15) is 14.4 Å². The van der Waals surface area contributed by atoms with Crippen molar-refractivity contribution in [2.45, 2.75) is 46.1 Å². The van der Waals surface area contributed by atoms with Crippen molar-refractivity contribution >= 4 is 17.7 Å². The monoisotopic (exact) mass is 435 g/mol. The standard InChI is InChI=1S/C26H33N3O3/c1-4-15-27-25(31)23(28-24(30)21-11-9-18(2)10-12-21)20-13-16-29(17-14-20)26(32)22-8-6-5-7-19(22)3/h5-12,20,23H,4,13-17H2,1-3H3,(H,27,31)(H,28,30)/t23-/m1/s1. The molecule has 1 heterocycles. The van der Waals surface area contributed by atoms with Gasteiger partial charge in [0.2, 0.25) is 5.91 Å². The number of aryl methyl sites for hydroxylation is 2. The molecule has 2 aromatic carbocycles. The van der Waals surface area contributed by atoms with Gasteiger partial charge in [0.05, 0.1) is 0 Å². The van der Waals surface area contributed by atoms with Gasteiger partial charge < -0.3 is 15.5 Å².